The van der Waals surface area contributed by atoms with Gasteiger partial charge in [-0.3, -0.25) is 10.1 Å². The highest BCUT2D eigenvalue weighted by Crippen LogP contribution is 2.17. The minimum Gasteiger partial charge on any atom is -0.452 e. The van der Waals surface area contributed by atoms with Crippen LogP contribution in [0, 0.1) is 13.8 Å². The Balaban J connectivity index is 2.19. The van der Waals surface area contributed by atoms with Gasteiger partial charge in [-0.05, 0) is 31.5 Å². The maximum absolute atomic E-state index is 11.7. The molecule has 1 amide bonds. The van der Waals surface area contributed by atoms with E-state index in [-0.39, 0.29) is 16.7 Å². The fourth-order valence-corrected chi connectivity index (χ4v) is 1.33. The fraction of sp³-hybridized carbons (Fsp3) is 0.200. The summed E-state index contributed by atoms with van der Waals surface area (Å²) in [6, 6.07) is 1.46. The number of aryl methyl sites for hydroxylation is 2. The third-order valence-corrected chi connectivity index (χ3v) is 2.47. The van der Waals surface area contributed by atoms with Crippen LogP contribution in [0.2, 0.25) is 5.22 Å². The van der Waals surface area contributed by atoms with Gasteiger partial charge in [0.05, 0.1) is 23.2 Å². The van der Waals surface area contributed by atoms with Crippen molar-refractivity contribution in [2.24, 2.45) is 0 Å². The Labute approximate surface area is 102 Å². The normalized spacial score (nSPS) is 10.3. The molecule has 0 spiro atoms. The molecule has 2 heterocycles. The zero-order valence-electron chi connectivity index (χ0n) is 9.19. The molecule has 6 nitrogen and oxygen atoms in total. The van der Waals surface area contributed by atoms with Gasteiger partial charge in [-0.25, -0.2) is 4.98 Å². The number of furan rings is 1. The van der Waals surface area contributed by atoms with E-state index in [9.17, 15) is 4.79 Å². The van der Waals surface area contributed by atoms with Gasteiger partial charge in [-0.15, -0.1) is 5.10 Å². The number of hydrogen-bond acceptors (Lipinski definition) is 5. The lowest BCUT2D eigenvalue weighted by atomic mass is 10.3. The first-order chi connectivity index (χ1) is 8.08. The van der Waals surface area contributed by atoms with Crippen LogP contribution < -0.4 is 5.32 Å². The summed E-state index contributed by atoms with van der Waals surface area (Å²) in [7, 11) is 0. The molecule has 2 aromatic heterocycles. The Kier molecular flexibility index (Phi) is 3.06. The summed E-state index contributed by atoms with van der Waals surface area (Å²) in [5, 5.41) is 10.1. The molecule has 0 saturated heterocycles. The number of nitrogens with zero attached hydrogens (tertiary/aromatic N) is 3. The second kappa shape index (κ2) is 4.50. The van der Waals surface area contributed by atoms with Crippen LogP contribution in [0.3, 0.4) is 0 Å². The van der Waals surface area contributed by atoms with E-state index in [1.165, 1.54) is 12.3 Å². The first kappa shape index (κ1) is 11.5. The Morgan fingerprint density at radius 3 is 2.71 bits per heavy atom. The van der Waals surface area contributed by atoms with E-state index in [0.717, 1.165) is 0 Å². The maximum atomic E-state index is 11.7. The van der Waals surface area contributed by atoms with Crippen molar-refractivity contribution in [2.45, 2.75) is 13.8 Å². The second-order valence-electron chi connectivity index (χ2n) is 3.37. The number of hydrogen-bond donors (Lipinski definition) is 1. The topological polar surface area (TPSA) is 80.9 Å². The Hall–Kier alpha value is -1.95. The van der Waals surface area contributed by atoms with E-state index in [0.29, 0.717) is 11.4 Å². The third-order valence-electron chi connectivity index (χ3n) is 2.18. The minimum atomic E-state index is -0.436. The number of nitrogens with one attached hydrogen (secondary N) is 1. The van der Waals surface area contributed by atoms with E-state index < -0.39 is 5.91 Å². The Morgan fingerprint density at radius 2 is 2.12 bits per heavy atom. The molecular weight excluding hydrogens is 244 g/mol. The fourth-order valence-electron chi connectivity index (χ4n) is 1.13. The molecule has 0 bridgehead atoms. The molecule has 7 heteroatoms. The molecule has 0 fully saturated rings. The highest BCUT2D eigenvalue weighted by molar-refractivity contribution is 6.32. The average molecular weight is 253 g/mol. The van der Waals surface area contributed by atoms with Crippen molar-refractivity contribution in [3.63, 3.8) is 0 Å². The summed E-state index contributed by atoms with van der Waals surface area (Å²) in [5.41, 5.74) is 1.64. The van der Waals surface area contributed by atoms with Crippen LogP contribution in [0.25, 0.3) is 0 Å². The Morgan fingerprint density at radius 1 is 1.35 bits per heavy atom. The van der Waals surface area contributed by atoms with E-state index in [4.69, 9.17) is 16.0 Å². The van der Waals surface area contributed by atoms with Crippen molar-refractivity contribution in [2.75, 3.05) is 5.32 Å². The van der Waals surface area contributed by atoms with E-state index in [2.05, 4.69) is 20.5 Å². The number of amides is 1. The van der Waals surface area contributed by atoms with Crippen LogP contribution in [0.4, 0.5) is 5.95 Å². The van der Waals surface area contributed by atoms with Gasteiger partial charge in [0.1, 0.15) is 0 Å². The standard InChI is InChI=1S/C10H9ClN4O2/c1-5-6(2)14-15-10(12-5)13-9(16)7-3-4-17-8(7)11/h3-4H,1-2H3,(H,12,13,15,16). The largest absolute Gasteiger partial charge is 0.452 e. The van der Waals surface area contributed by atoms with Crippen molar-refractivity contribution >= 4 is 23.5 Å². The molecule has 2 rings (SSSR count). The van der Waals surface area contributed by atoms with Crippen molar-refractivity contribution in [3.8, 4) is 0 Å². The van der Waals surface area contributed by atoms with Crippen LogP contribution in [0.5, 0.6) is 0 Å². The van der Waals surface area contributed by atoms with Gasteiger partial charge >= 0.3 is 0 Å². The third kappa shape index (κ3) is 2.42. The summed E-state index contributed by atoms with van der Waals surface area (Å²) in [4.78, 5) is 15.8. The van der Waals surface area contributed by atoms with Gasteiger partial charge in [0.2, 0.25) is 11.2 Å². The number of rotatable bonds is 2. The molecule has 0 saturated carbocycles. The predicted octanol–water partition coefficient (Wildman–Crippen LogP) is 1.99. The quantitative estimate of drug-likeness (QED) is 0.884. The lowest BCUT2D eigenvalue weighted by Gasteiger charge is -2.03. The van der Waals surface area contributed by atoms with Crippen molar-refractivity contribution in [3.05, 3.63) is 34.5 Å². The summed E-state index contributed by atoms with van der Waals surface area (Å²) < 4.78 is 4.81. The zero-order chi connectivity index (χ0) is 12.4. The summed E-state index contributed by atoms with van der Waals surface area (Å²) >= 11 is 5.67. The number of carbonyl (C=O) groups excluding carboxylic acids is 1. The van der Waals surface area contributed by atoms with Gasteiger partial charge < -0.3 is 4.42 Å². The molecule has 0 aliphatic rings. The summed E-state index contributed by atoms with van der Waals surface area (Å²) in [6.07, 6.45) is 1.33. The maximum Gasteiger partial charge on any atom is 0.262 e. The SMILES string of the molecule is Cc1nnc(NC(=O)c2ccoc2Cl)nc1C. The highest BCUT2D eigenvalue weighted by Gasteiger charge is 2.14. The summed E-state index contributed by atoms with van der Waals surface area (Å²) in [5.74, 6) is -0.302. The van der Waals surface area contributed by atoms with Crippen LogP contribution in [-0.4, -0.2) is 21.1 Å². The van der Waals surface area contributed by atoms with Crippen molar-refractivity contribution in [1.82, 2.24) is 15.2 Å². The van der Waals surface area contributed by atoms with Crippen molar-refractivity contribution < 1.29 is 9.21 Å². The Bertz CT molecular complexity index is 567. The predicted molar refractivity (Wildman–Crippen MR) is 61.0 cm³/mol. The number of aromatic nitrogens is 3. The molecule has 0 aliphatic heterocycles. The van der Waals surface area contributed by atoms with Gasteiger partial charge in [0.25, 0.3) is 5.91 Å². The van der Waals surface area contributed by atoms with Gasteiger partial charge in [0, 0.05) is 0 Å². The zero-order valence-corrected chi connectivity index (χ0v) is 9.95. The lowest BCUT2D eigenvalue weighted by molar-refractivity contribution is 0.102. The molecule has 0 atom stereocenters. The van der Waals surface area contributed by atoms with E-state index in [1.807, 2.05) is 0 Å². The molecule has 0 radical (unpaired) electrons. The number of carbonyl (C=O) groups is 1. The molecule has 0 unspecified atom stereocenters. The summed E-state index contributed by atoms with van der Waals surface area (Å²) in [6.45, 7) is 3.57. The van der Waals surface area contributed by atoms with E-state index >= 15 is 0 Å². The number of anilines is 1. The minimum absolute atomic E-state index is 0.0271. The van der Waals surface area contributed by atoms with Gasteiger partial charge in [0.15, 0.2) is 0 Å². The number of halogens is 1. The average Bonchev–Trinajstić information content (AvgIpc) is 2.70. The van der Waals surface area contributed by atoms with Crippen molar-refractivity contribution in [1.29, 1.82) is 0 Å². The van der Waals surface area contributed by atoms with Crippen LogP contribution >= 0.6 is 11.6 Å². The van der Waals surface area contributed by atoms with Crippen LogP contribution in [0.15, 0.2) is 16.7 Å². The smallest absolute Gasteiger partial charge is 0.262 e. The lowest BCUT2D eigenvalue weighted by Crippen LogP contribution is -2.15. The molecule has 0 aliphatic carbocycles. The highest BCUT2D eigenvalue weighted by atomic mass is 35.5. The van der Waals surface area contributed by atoms with Gasteiger partial charge in [-0.1, -0.05) is 0 Å². The molecule has 0 aromatic carbocycles. The molecule has 1 N–H and O–H groups in total. The molecule has 88 valence electrons. The first-order valence-corrected chi connectivity index (χ1v) is 5.18. The van der Waals surface area contributed by atoms with Crippen LogP contribution in [-0.2, 0) is 0 Å². The first-order valence-electron chi connectivity index (χ1n) is 4.80. The molecule has 17 heavy (non-hydrogen) atoms. The monoisotopic (exact) mass is 252 g/mol. The van der Waals surface area contributed by atoms with Crippen LogP contribution in [0.1, 0.15) is 21.7 Å². The van der Waals surface area contributed by atoms with Gasteiger partial charge in [-0.2, -0.15) is 5.10 Å². The van der Waals surface area contributed by atoms with E-state index in [1.54, 1.807) is 13.8 Å². The molecule has 2 aromatic rings. The molecular formula is C10H9ClN4O2. The second-order valence-corrected chi connectivity index (χ2v) is 3.71.